The van der Waals surface area contributed by atoms with Gasteiger partial charge in [-0.1, -0.05) is 17.3 Å². The van der Waals surface area contributed by atoms with Crippen LogP contribution >= 0.6 is 0 Å². The van der Waals surface area contributed by atoms with Crippen LogP contribution in [0, 0.1) is 0 Å². The molecule has 0 fully saturated rings. The summed E-state index contributed by atoms with van der Waals surface area (Å²) in [5, 5.41) is 8.26. The third kappa shape index (κ3) is 3.27. The number of fused-ring (bicyclic) bond motifs is 1. The Morgan fingerprint density at radius 3 is 2.83 bits per heavy atom. The fourth-order valence-electron chi connectivity index (χ4n) is 2.39. The van der Waals surface area contributed by atoms with Crippen LogP contribution in [0.15, 0.2) is 40.9 Å². The highest BCUT2D eigenvalue weighted by Gasteiger charge is 2.15. The van der Waals surface area contributed by atoms with Crippen molar-refractivity contribution in [1.29, 1.82) is 0 Å². The first-order valence-electron chi connectivity index (χ1n) is 7.46. The molecule has 23 heavy (non-hydrogen) atoms. The quantitative estimate of drug-likeness (QED) is 0.675. The second-order valence-electron chi connectivity index (χ2n) is 5.05. The maximum Gasteiger partial charge on any atom is 0.260 e. The lowest BCUT2D eigenvalue weighted by Gasteiger charge is -2.06. The van der Waals surface area contributed by atoms with Crippen LogP contribution in [0.2, 0.25) is 0 Å². The van der Waals surface area contributed by atoms with Gasteiger partial charge >= 0.3 is 0 Å². The van der Waals surface area contributed by atoms with Gasteiger partial charge in [0.1, 0.15) is 17.3 Å². The molecule has 0 aliphatic rings. The van der Waals surface area contributed by atoms with Crippen LogP contribution in [0.25, 0.3) is 22.4 Å². The van der Waals surface area contributed by atoms with Gasteiger partial charge in [0.05, 0.1) is 12.5 Å². The molecule has 2 heterocycles. The van der Waals surface area contributed by atoms with Crippen LogP contribution < -0.4 is 10.1 Å². The first-order valence-corrected chi connectivity index (χ1v) is 7.46. The average molecular weight is 313 g/mol. The van der Waals surface area contributed by atoms with E-state index in [9.17, 15) is 0 Å². The molecule has 120 valence electrons. The van der Waals surface area contributed by atoms with E-state index in [1.165, 1.54) is 0 Å². The molecule has 0 amide bonds. The van der Waals surface area contributed by atoms with E-state index in [1.54, 1.807) is 14.2 Å². The van der Waals surface area contributed by atoms with Crippen LogP contribution in [-0.2, 0) is 4.74 Å². The highest BCUT2D eigenvalue weighted by atomic mass is 16.5. The zero-order valence-corrected chi connectivity index (χ0v) is 13.2. The lowest BCUT2D eigenvalue weighted by Crippen LogP contribution is -2.05. The van der Waals surface area contributed by atoms with E-state index in [1.807, 2.05) is 36.4 Å². The lowest BCUT2D eigenvalue weighted by molar-refractivity contribution is 0.198. The summed E-state index contributed by atoms with van der Waals surface area (Å²) in [5.41, 5.74) is 2.12. The minimum atomic E-state index is 0.502. The Kier molecular flexibility index (Phi) is 4.73. The fraction of sp³-hybridized carbons (Fsp3) is 0.294. The van der Waals surface area contributed by atoms with E-state index in [2.05, 4.69) is 15.5 Å². The number of para-hydroxylation sites is 1. The van der Waals surface area contributed by atoms with E-state index in [4.69, 9.17) is 14.0 Å². The predicted octanol–water partition coefficient (Wildman–Crippen LogP) is 3.35. The van der Waals surface area contributed by atoms with E-state index in [-0.39, 0.29) is 0 Å². The van der Waals surface area contributed by atoms with E-state index in [0.717, 1.165) is 47.8 Å². The van der Waals surface area contributed by atoms with Crippen LogP contribution in [0.4, 0.5) is 5.82 Å². The number of ether oxygens (including phenoxy) is 2. The van der Waals surface area contributed by atoms with E-state index >= 15 is 0 Å². The van der Waals surface area contributed by atoms with Crippen molar-refractivity contribution in [1.82, 2.24) is 10.1 Å². The van der Waals surface area contributed by atoms with Crippen molar-refractivity contribution in [3.63, 3.8) is 0 Å². The van der Waals surface area contributed by atoms with Crippen molar-refractivity contribution in [2.45, 2.75) is 6.42 Å². The Morgan fingerprint density at radius 1 is 1.13 bits per heavy atom. The van der Waals surface area contributed by atoms with Crippen molar-refractivity contribution < 1.29 is 14.0 Å². The van der Waals surface area contributed by atoms with Gasteiger partial charge in [-0.25, -0.2) is 0 Å². The molecule has 0 aliphatic heterocycles. The van der Waals surface area contributed by atoms with Crippen molar-refractivity contribution in [3.8, 4) is 17.0 Å². The molecule has 0 saturated heterocycles. The largest absolute Gasteiger partial charge is 0.496 e. The summed E-state index contributed by atoms with van der Waals surface area (Å²) in [6, 6.07) is 11.6. The van der Waals surface area contributed by atoms with Gasteiger partial charge in [-0.05, 0) is 30.7 Å². The SMILES string of the molecule is COCCCNc1ccc2c(-c3ccccc3OC)noc2n1. The molecule has 0 saturated carbocycles. The minimum Gasteiger partial charge on any atom is -0.496 e. The molecule has 3 aromatic rings. The second kappa shape index (κ2) is 7.11. The highest BCUT2D eigenvalue weighted by Crippen LogP contribution is 2.33. The maximum absolute atomic E-state index is 5.39. The standard InChI is InChI=1S/C17H19N3O3/c1-21-11-5-10-18-15-9-8-13-16(20-23-17(13)19-15)12-6-3-4-7-14(12)22-2/h3-4,6-9H,5,10-11H2,1-2H3,(H,18,19). The van der Waals surface area contributed by atoms with Gasteiger partial charge in [0.2, 0.25) is 0 Å². The smallest absolute Gasteiger partial charge is 0.260 e. The van der Waals surface area contributed by atoms with Gasteiger partial charge < -0.3 is 19.3 Å². The summed E-state index contributed by atoms with van der Waals surface area (Å²) in [5.74, 6) is 1.51. The van der Waals surface area contributed by atoms with E-state index < -0.39 is 0 Å². The molecule has 0 unspecified atom stereocenters. The predicted molar refractivity (Wildman–Crippen MR) is 88.8 cm³/mol. The van der Waals surface area contributed by atoms with Crippen LogP contribution in [0.1, 0.15) is 6.42 Å². The topological polar surface area (TPSA) is 69.4 Å². The molecule has 0 bridgehead atoms. The van der Waals surface area contributed by atoms with Gasteiger partial charge in [-0.15, -0.1) is 0 Å². The Morgan fingerprint density at radius 2 is 2.00 bits per heavy atom. The van der Waals surface area contributed by atoms with Crippen molar-refractivity contribution in [2.75, 3.05) is 32.7 Å². The molecule has 3 rings (SSSR count). The number of nitrogens with zero attached hydrogens (tertiary/aromatic N) is 2. The number of hydrogen-bond donors (Lipinski definition) is 1. The lowest BCUT2D eigenvalue weighted by atomic mass is 10.1. The summed E-state index contributed by atoms with van der Waals surface area (Å²) in [6.45, 7) is 1.51. The number of nitrogens with one attached hydrogen (secondary N) is 1. The van der Waals surface area contributed by atoms with Crippen molar-refractivity contribution >= 4 is 16.9 Å². The Labute approximate surface area is 134 Å². The van der Waals surface area contributed by atoms with Crippen molar-refractivity contribution in [2.24, 2.45) is 0 Å². The Balaban J connectivity index is 1.87. The summed E-state index contributed by atoms with van der Waals surface area (Å²) in [6.07, 6.45) is 0.916. The molecule has 1 N–H and O–H groups in total. The number of methoxy groups -OCH3 is 2. The van der Waals surface area contributed by atoms with Gasteiger partial charge in [0.25, 0.3) is 5.71 Å². The van der Waals surface area contributed by atoms with Crippen LogP contribution in [0.5, 0.6) is 5.75 Å². The first-order chi connectivity index (χ1) is 11.3. The molecule has 6 nitrogen and oxygen atoms in total. The molecule has 0 atom stereocenters. The number of rotatable bonds is 7. The molecule has 0 spiro atoms. The molecule has 6 heteroatoms. The number of pyridine rings is 1. The number of hydrogen-bond acceptors (Lipinski definition) is 6. The van der Waals surface area contributed by atoms with Gasteiger partial charge in [-0.3, -0.25) is 0 Å². The summed E-state index contributed by atoms with van der Waals surface area (Å²) in [7, 11) is 3.33. The molecule has 2 aromatic heterocycles. The van der Waals surface area contributed by atoms with Crippen LogP contribution in [0.3, 0.4) is 0 Å². The van der Waals surface area contributed by atoms with Gasteiger partial charge in [-0.2, -0.15) is 4.98 Å². The highest BCUT2D eigenvalue weighted by molar-refractivity contribution is 5.91. The first kappa shape index (κ1) is 15.3. The van der Waals surface area contributed by atoms with Crippen LogP contribution in [-0.4, -0.2) is 37.5 Å². The average Bonchev–Trinajstić information content (AvgIpc) is 3.01. The normalized spacial score (nSPS) is 10.9. The summed E-state index contributed by atoms with van der Waals surface area (Å²) < 4.78 is 15.8. The minimum absolute atomic E-state index is 0.502. The van der Waals surface area contributed by atoms with Gasteiger partial charge in [0, 0.05) is 25.8 Å². The zero-order valence-electron chi connectivity index (χ0n) is 13.2. The fourth-order valence-corrected chi connectivity index (χ4v) is 2.39. The molecule has 1 aromatic carbocycles. The second-order valence-corrected chi connectivity index (χ2v) is 5.05. The Bertz CT molecular complexity index is 786. The zero-order chi connectivity index (χ0) is 16.1. The summed E-state index contributed by atoms with van der Waals surface area (Å²) >= 11 is 0. The number of aromatic nitrogens is 2. The maximum atomic E-state index is 5.39. The molecule has 0 radical (unpaired) electrons. The monoisotopic (exact) mass is 313 g/mol. The van der Waals surface area contributed by atoms with Gasteiger partial charge in [0.15, 0.2) is 0 Å². The van der Waals surface area contributed by atoms with E-state index in [0.29, 0.717) is 5.71 Å². The summed E-state index contributed by atoms with van der Waals surface area (Å²) in [4.78, 5) is 4.45. The Hall–Kier alpha value is -2.60. The third-order valence-corrected chi connectivity index (χ3v) is 3.53. The number of anilines is 1. The molecular weight excluding hydrogens is 294 g/mol. The molecular formula is C17H19N3O3. The third-order valence-electron chi connectivity index (χ3n) is 3.53. The number of benzene rings is 1. The molecule has 0 aliphatic carbocycles. The van der Waals surface area contributed by atoms with Crippen molar-refractivity contribution in [3.05, 3.63) is 36.4 Å².